The number of nitrogens with zero attached hydrogens (tertiary/aromatic N) is 4. The number of imidazole rings is 1. The van der Waals surface area contributed by atoms with Crippen LogP contribution in [0.15, 0.2) is 36.4 Å². The molecule has 146 valence electrons. The minimum absolute atomic E-state index is 0.0475. The topological polar surface area (TPSA) is 84.0 Å². The van der Waals surface area contributed by atoms with Crippen LogP contribution in [0.2, 0.25) is 0 Å². The highest BCUT2D eigenvalue weighted by molar-refractivity contribution is 7.07. The van der Waals surface area contributed by atoms with E-state index in [1.807, 2.05) is 26.0 Å². The van der Waals surface area contributed by atoms with Gasteiger partial charge in [-0.15, -0.1) is 5.10 Å². The molecule has 0 saturated heterocycles. The number of nitrogens with one attached hydrogen (secondary N) is 1. The molecule has 1 N–H and O–H groups in total. The number of ether oxygens (including phenoxy) is 1. The van der Waals surface area contributed by atoms with E-state index in [-0.39, 0.29) is 5.91 Å². The van der Waals surface area contributed by atoms with Crippen LogP contribution in [0.4, 0.5) is 0 Å². The van der Waals surface area contributed by atoms with E-state index in [9.17, 15) is 4.79 Å². The van der Waals surface area contributed by atoms with Crippen LogP contribution >= 0.6 is 11.5 Å². The van der Waals surface area contributed by atoms with Crippen LogP contribution in [0, 0.1) is 13.8 Å². The number of carbonyl (C=O) groups excluding carboxylic acids is 1. The summed E-state index contributed by atoms with van der Waals surface area (Å²) in [7, 11) is 0. The lowest BCUT2D eigenvalue weighted by Gasteiger charge is -2.19. The zero-order valence-corrected chi connectivity index (χ0v) is 16.9. The highest BCUT2D eigenvalue weighted by atomic mass is 32.1. The minimum Gasteiger partial charge on any atom is -0.491 e. The standard InChI is InChI=1S/C21H19N5O2S/c1-12-20(29-25-24-12)21(27)26-7-8-28-19-6-4-14(9-16(19)11-26)15-3-5-17-18(10-15)23-13(2)22-17/h3-6,9-10H,7-8,11H2,1-2H3,(H,22,23). The van der Waals surface area contributed by atoms with E-state index < -0.39 is 0 Å². The van der Waals surface area contributed by atoms with E-state index in [1.165, 1.54) is 0 Å². The van der Waals surface area contributed by atoms with Crippen LogP contribution in [-0.2, 0) is 6.54 Å². The van der Waals surface area contributed by atoms with Gasteiger partial charge in [-0.1, -0.05) is 16.6 Å². The van der Waals surface area contributed by atoms with Crippen molar-refractivity contribution in [2.45, 2.75) is 20.4 Å². The van der Waals surface area contributed by atoms with Crippen molar-refractivity contribution in [3.05, 3.63) is 58.4 Å². The average Bonchev–Trinajstić information content (AvgIpc) is 3.23. The summed E-state index contributed by atoms with van der Waals surface area (Å²) in [4.78, 5) is 23.1. The van der Waals surface area contributed by atoms with E-state index in [0.29, 0.717) is 30.3 Å². The van der Waals surface area contributed by atoms with Crippen LogP contribution in [0.25, 0.3) is 22.2 Å². The summed E-state index contributed by atoms with van der Waals surface area (Å²) in [6.45, 7) is 5.24. The number of carbonyl (C=O) groups is 1. The molecule has 0 spiro atoms. The van der Waals surface area contributed by atoms with Crippen molar-refractivity contribution in [2.24, 2.45) is 0 Å². The quantitative estimate of drug-likeness (QED) is 0.549. The fourth-order valence-electron chi connectivity index (χ4n) is 3.64. The number of aryl methyl sites for hydroxylation is 2. The molecule has 0 fully saturated rings. The largest absolute Gasteiger partial charge is 0.491 e. The van der Waals surface area contributed by atoms with Gasteiger partial charge >= 0.3 is 0 Å². The predicted molar refractivity (Wildman–Crippen MR) is 111 cm³/mol. The molecule has 0 bridgehead atoms. The Hall–Kier alpha value is -3.26. The van der Waals surface area contributed by atoms with Gasteiger partial charge in [-0.3, -0.25) is 4.79 Å². The third-order valence-corrected chi connectivity index (χ3v) is 5.92. The molecule has 0 saturated carbocycles. The van der Waals surface area contributed by atoms with Crippen LogP contribution < -0.4 is 4.74 Å². The molecule has 4 aromatic rings. The van der Waals surface area contributed by atoms with Crippen molar-refractivity contribution in [3.8, 4) is 16.9 Å². The maximum Gasteiger partial charge on any atom is 0.267 e. The second kappa shape index (κ2) is 6.97. The predicted octanol–water partition coefficient (Wildman–Crippen LogP) is 3.73. The number of aromatic nitrogens is 4. The fraction of sp³-hybridized carbons (Fsp3) is 0.238. The summed E-state index contributed by atoms with van der Waals surface area (Å²) in [6.07, 6.45) is 0. The number of amides is 1. The lowest BCUT2D eigenvalue weighted by atomic mass is 10.0. The Morgan fingerprint density at radius 2 is 2.00 bits per heavy atom. The first-order valence-electron chi connectivity index (χ1n) is 9.39. The summed E-state index contributed by atoms with van der Waals surface area (Å²) in [5.74, 6) is 1.67. The third-order valence-electron chi connectivity index (χ3n) is 5.11. The molecule has 8 heteroatoms. The number of benzene rings is 2. The van der Waals surface area contributed by atoms with E-state index in [1.54, 1.807) is 4.90 Å². The highest BCUT2D eigenvalue weighted by Crippen LogP contribution is 2.31. The zero-order chi connectivity index (χ0) is 20.0. The highest BCUT2D eigenvalue weighted by Gasteiger charge is 2.24. The van der Waals surface area contributed by atoms with E-state index in [0.717, 1.165) is 50.8 Å². The average molecular weight is 405 g/mol. The normalized spacial score (nSPS) is 13.8. The molecule has 3 heterocycles. The van der Waals surface area contributed by atoms with Gasteiger partial charge in [-0.05, 0) is 60.8 Å². The number of hydrogen-bond donors (Lipinski definition) is 1. The van der Waals surface area contributed by atoms with Gasteiger partial charge in [0, 0.05) is 12.1 Å². The number of H-pyrrole nitrogens is 1. The van der Waals surface area contributed by atoms with Crippen LogP contribution in [0.3, 0.4) is 0 Å². The Morgan fingerprint density at radius 1 is 1.17 bits per heavy atom. The van der Waals surface area contributed by atoms with Crippen molar-refractivity contribution in [2.75, 3.05) is 13.2 Å². The maximum atomic E-state index is 12.9. The smallest absolute Gasteiger partial charge is 0.267 e. The first-order chi connectivity index (χ1) is 14.1. The van der Waals surface area contributed by atoms with Gasteiger partial charge < -0.3 is 14.6 Å². The summed E-state index contributed by atoms with van der Waals surface area (Å²) in [5.41, 5.74) is 5.79. The second-order valence-corrected chi connectivity index (χ2v) is 7.89. The number of rotatable bonds is 2. The number of fused-ring (bicyclic) bond motifs is 2. The minimum atomic E-state index is -0.0475. The van der Waals surface area contributed by atoms with Crippen molar-refractivity contribution in [1.82, 2.24) is 24.5 Å². The van der Waals surface area contributed by atoms with Crippen LogP contribution in [0.5, 0.6) is 5.75 Å². The summed E-state index contributed by atoms with van der Waals surface area (Å²) >= 11 is 1.14. The molecule has 2 aromatic carbocycles. The summed E-state index contributed by atoms with van der Waals surface area (Å²) in [6, 6.07) is 12.3. The molecule has 0 radical (unpaired) electrons. The van der Waals surface area contributed by atoms with E-state index >= 15 is 0 Å². The van der Waals surface area contributed by atoms with Gasteiger partial charge in [0.2, 0.25) is 0 Å². The summed E-state index contributed by atoms with van der Waals surface area (Å²) < 4.78 is 9.79. The van der Waals surface area contributed by atoms with Gasteiger partial charge in [-0.2, -0.15) is 0 Å². The van der Waals surface area contributed by atoms with Crippen molar-refractivity contribution < 1.29 is 9.53 Å². The lowest BCUT2D eigenvalue weighted by Crippen LogP contribution is -2.32. The summed E-state index contributed by atoms with van der Waals surface area (Å²) in [5, 5.41) is 3.96. The van der Waals surface area contributed by atoms with Crippen molar-refractivity contribution in [1.29, 1.82) is 0 Å². The zero-order valence-electron chi connectivity index (χ0n) is 16.1. The molecular formula is C21H19N5O2S. The fourth-order valence-corrected chi connectivity index (χ4v) is 4.26. The molecule has 5 rings (SSSR count). The Morgan fingerprint density at radius 3 is 2.83 bits per heavy atom. The maximum absolute atomic E-state index is 12.9. The molecule has 0 aliphatic carbocycles. The SMILES string of the molecule is Cc1nc2ccc(-c3ccc4c(c3)CN(C(=O)c3snnc3C)CCO4)cc2[nH]1. The van der Waals surface area contributed by atoms with E-state index in [2.05, 4.69) is 43.8 Å². The lowest BCUT2D eigenvalue weighted by molar-refractivity contribution is 0.0737. The van der Waals surface area contributed by atoms with Gasteiger partial charge in [0.1, 0.15) is 23.1 Å². The first kappa shape index (κ1) is 17.8. The monoisotopic (exact) mass is 405 g/mol. The molecule has 1 aliphatic rings. The van der Waals surface area contributed by atoms with Crippen LogP contribution in [-0.4, -0.2) is 43.5 Å². The molecule has 7 nitrogen and oxygen atoms in total. The second-order valence-electron chi connectivity index (χ2n) is 7.14. The molecule has 0 unspecified atom stereocenters. The van der Waals surface area contributed by atoms with Gasteiger partial charge in [0.15, 0.2) is 0 Å². The van der Waals surface area contributed by atoms with Gasteiger partial charge in [0.05, 0.1) is 23.3 Å². The number of aromatic amines is 1. The Kier molecular flexibility index (Phi) is 4.28. The third kappa shape index (κ3) is 3.25. The van der Waals surface area contributed by atoms with Crippen molar-refractivity contribution >= 4 is 28.5 Å². The van der Waals surface area contributed by atoms with Gasteiger partial charge in [-0.25, -0.2) is 4.98 Å². The van der Waals surface area contributed by atoms with E-state index in [4.69, 9.17) is 4.74 Å². The molecule has 1 aliphatic heterocycles. The molecule has 29 heavy (non-hydrogen) atoms. The molecular weight excluding hydrogens is 386 g/mol. The number of hydrogen-bond acceptors (Lipinski definition) is 6. The Bertz CT molecular complexity index is 1230. The van der Waals surface area contributed by atoms with Crippen molar-refractivity contribution in [3.63, 3.8) is 0 Å². The molecule has 2 aromatic heterocycles. The van der Waals surface area contributed by atoms with Gasteiger partial charge in [0.25, 0.3) is 5.91 Å². The molecule has 0 atom stereocenters. The Labute approximate surface area is 171 Å². The Balaban J connectivity index is 1.48. The first-order valence-corrected chi connectivity index (χ1v) is 10.2. The van der Waals surface area contributed by atoms with Crippen LogP contribution in [0.1, 0.15) is 26.8 Å². The molecule has 1 amide bonds.